The van der Waals surface area contributed by atoms with Gasteiger partial charge in [0.1, 0.15) is 6.04 Å². The SMILES string of the molecule is CC1(C)SC[C@@H](C(=O)O)N1C(=O)C(F)(F)F. The third-order valence-corrected chi connectivity index (χ3v) is 3.62. The van der Waals surface area contributed by atoms with Crippen LogP contribution in [0.5, 0.6) is 0 Å². The Labute approximate surface area is 93.8 Å². The van der Waals surface area contributed by atoms with Crippen LogP contribution in [0, 0.1) is 0 Å². The van der Waals surface area contributed by atoms with Crippen LogP contribution in [0.1, 0.15) is 13.8 Å². The molecule has 0 aromatic rings. The molecular formula is C8H10F3NO3S. The first-order chi connectivity index (χ1) is 7.07. The number of carboxylic acid groups (broad SMARTS) is 1. The number of nitrogens with zero attached hydrogens (tertiary/aromatic N) is 1. The van der Waals surface area contributed by atoms with Crippen molar-refractivity contribution in [3.63, 3.8) is 0 Å². The van der Waals surface area contributed by atoms with Gasteiger partial charge in [0, 0.05) is 5.75 Å². The summed E-state index contributed by atoms with van der Waals surface area (Å²) in [6.45, 7) is 2.79. The number of rotatable bonds is 1. The molecule has 8 heteroatoms. The maximum absolute atomic E-state index is 12.3. The molecule has 92 valence electrons. The van der Waals surface area contributed by atoms with Gasteiger partial charge in [0.15, 0.2) is 0 Å². The van der Waals surface area contributed by atoms with Gasteiger partial charge in [0.25, 0.3) is 0 Å². The van der Waals surface area contributed by atoms with Crippen molar-refractivity contribution in [2.45, 2.75) is 30.9 Å². The quantitative estimate of drug-likeness (QED) is 0.769. The Morgan fingerprint density at radius 2 is 1.94 bits per heavy atom. The monoisotopic (exact) mass is 257 g/mol. The van der Waals surface area contributed by atoms with E-state index in [1.165, 1.54) is 13.8 Å². The molecule has 0 aliphatic carbocycles. The van der Waals surface area contributed by atoms with E-state index in [9.17, 15) is 22.8 Å². The summed E-state index contributed by atoms with van der Waals surface area (Å²) in [6, 6.07) is -1.42. The van der Waals surface area contributed by atoms with Crippen LogP contribution in [0.3, 0.4) is 0 Å². The van der Waals surface area contributed by atoms with Crippen molar-refractivity contribution in [3.05, 3.63) is 0 Å². The number of aliphatic carboxylic acids is 1. The van der Waals surface area contributed by atoms with E-state index in [-0.39, 0.29) is 5.75 Å². The van der Waals surface area contributed by atoms with Crippen molar-refractivity contribution in [2.75, 3.05) is 5.75 Å². The first-order valence-electron chi connectivity index (χ1n) is 4.34. The van der Waals surface area contributed by atoms with Crippen LogP contribution in [0.2, 0.25) is 0 Å². The van der Waals surface area contributed by atoms with Crippen molar-refractivity contribution in [2.24, 2.45) is 0 Å². The summed E-state index contributed by atoms with van der Waals surface area (Å²) in [6.07, 6.45) is -5.05. The summed E-state index contributed by atoms with van der Waals surface area (Å²) in [7, 11) is 0. The van der Waals surface area contributed by atoms with Crippen LogP contribution in [0.4, 0.5) is 13.2 Å². The Morgan fingerprint density at radius 3 is 2.31 bits per heavy atom. The lowest BCUT2D eigenvalue weighted by Gasteiger charge is -2.33. The molecule has 1 aliphatic heterocycles. The van der Waals surface area contributed by atoms with E-state index in [0.29, 0.717) is 4.90 Å². The second-order valence-corrected chi connectivity index (χ2v) is 5.41. The number of hydrogen-bond acceptors (Lipinski definition) is 3. The Bertz CT molecular complexity index is 329. The number of amides is 1. The van der Waals surface area contributed by atoms with Gasteiger partial charge < -0.3 is 10.0 Å². The maximum Gasteiger partial charge on any atom is 0.471 e. The van der Waals surface area contributed by atoms with Gasteiger partial charge in [0.2, 0.25) is 0 Å². The Balaban J connectivity index is 3.05. The van der Waals surface area contributed by atoms with Crippen LogP contribution >= 0.6 is 11.8 Å². The molecule has 4 nitrogen and oxygen atoms in total. The third-order valence-electron chi connectivity index (χ3n) is 2.23. The van der Waals surface area contributed by atoms with E-state index in [1.807, 2.05) is 0 Å². The molecule has 16 heavy (non-hydrogen) atoms. The van der Waals surface area contributed by atoms with Crippen LogP contribution in [-0.4, -0.2) is 44.7 Å². The molecule has 0 unspecified atom stereocenters. The molecule has 1 aliphatic rings. The lowest BCUT2D eigenvalue weighted by Crippen LogP contribution is -2.54. The second-order valence-electron chi connectivity index (χ2n) is 3.78. The van der Waals surface area contributed by atoms with Crippen molar-refractivity contribution in [1.82, 2.24) is 4.90 Å². The molecule has 0 spiro atoms. The van der Waals surface area contributed by atoms with Crippen molar-refractivity contribution in [3.8, 4) is 0 Å². The van der Waals surface area contributed by atoms with E-state index in [1.54, 1.807) is 0 Å². The Kier molecular flexibility index (Phi) is 3.15. The number of hydrogen-bond donors (Lipinski definition) is 1. The fourth-order valence-corrected chi connectivity index (χ4v) is 2.71. The molecule has 0 aromatic heterocycles. The lowest BCUT2D eigenvalue weighted by molar-refractivity contribution is -0.191. The minimum Gasteiger partial charge on any atom is -0.480 e. The van der Waals surface area contributed by atoms with Crippen LogP contribution in [0.15, 0.2) is 0 Å². The molecule has 1 N–H and O–H groups in total. The predicted molar refractivity (Wildman–Crippen MR) is 50.9 cm³/mol. The molecule has 0 saturated carbocycles. The molecular weight excluding hydrogens is 247 g/mol. The van der Waals surface area contributed by atoms with E-state index in [2.05, 4.69) is 0 Å². The van der Waals surface area contributed by atoms with Gasteiger partial charge >= 0.3 is 18.1 Å². The summed E-state index contributed by atoms with van der Waals surface area (Å²) < 4.78 is 36.9. The zero-order chi connectivity index (χ0) is 12.7. The average Bonchev–Trinajstić information content (AvgIpc) is 2.38. The number of thioether (sulfide) groups is 1. The van der Waals surface area contributed by atoms with Gasteiger partial charge in [-0.25, -0.2) is 4.79 Å². The lowest BCUT2D eigenvalue weighted by atomic mass is 10.2. The smallest absolute Gasteiger partial charge is 0.471 e. The van der Waals surface area contributed by atoms with E-state index >= 15 is 0 Å². The molecule has 0 bridgehead atoms. The summed E-state index contributed by atoms with van der Waals surface area (Å²) in [4.78, 5) is 21.1. The molecule has 1 heterocycles. The minimum absolute atomic E-state index is 0.0375. The Morgan fingerprint density at radius 1 is 1.44 bits per heavy atom. The normalized spacial score (nSPS) is 24.6. The molecule has 0 aromatic carbocycles. The standard InChI is InChI=1S/C8H10F3NO3S/c1-7(2)12(6(15)8(9,10)11)4(3-16-7)5(13)14/h4H,3H2,1-2H3,(H,13,14)/t4-/m0/s1. The van der Waals surface area contributed by atoms with Crippen LogP contribution in [0.25, 0.3) is 0 Å². The molecule has 0 radical (unpaired) electrons. The number of carboxylic acids is 1. The fourth-order valence-electron chi connectivity index (χ4n) is 1.51. The van der Waals surface area contributed by atoms with Crippen LogP contribution in [-0.2, 0) is 9.59 Å². The first kappa shape index (κ1) is 13.1. The van der Waals surface area contributed by atoms with E-state index in [0.717, 1.165) is 11.8 Å². The van der Waals surface area contributed by atoms with E-state index < -0.39 is 29.0 Å². The summed E-state index contributed by atoms with van der Waals surface area (Å²) in [5.41, 5.74) is 0. The van der Waals surface area contributed by atoms with Crippen molar-refractivity contribution >= 4 is 23.6 Å². The fraction of sp³-hybridized carbons (Fsp3) is 0.750. The van der Waals surface area contributed by atoms with Crippen LogP contribution < -0.4 is 0 Å². The number of alkyl halides is 3. The highest BCUT2D eigenvalue weighted by atomic mass is 32.2. The first-order valence-corrected chi connectivity index (χ1v) is 5.33. The highest BCUT2D eigenvalue weighted by Crippen LogP contribution is 2.41. The average molecular weight is 257 g/mol. The number of halogens is 3. The summed E-state index contributed by atoms with van der Waals surface area (Å²) in [5.74, 6) is -3.56. The summed E-state index contributed by atoms with van der Waals surface area (Å²) >= 11 is 1.01. The number of carbonyl (C=O) groups excluding carboxylic acids is 1. The van der Waals surface area contributed by atoms with Gasteiger partial charge in [-0.05, 0) is 13.8 Å². The predicted octanol–water partition coefficient (Wildman–Crippen LogP) is 1.31. The van der Waals surface area contributed by atoms with E-state index in [4.69, 9.17) is 5.11 Å². The zero-order valence-corrected chi connectivity index (χ0v) is 9.35. The highest BCUT2D eigenvalue weighted by Gasteiger charge is 2.54. The molecule has 1 fully saturated rings. The highest BCUT2D eigenvalue weighted by molar-refractivity contribution is 8.00. The minimum atomic E-state index is -5.05. The second kappa shape index (κ2) is 3.83. The summed E-state index contributed by atoms with van der Waals surface area (Å²) in [5, 5.41) is 8.76. The molecule has 1 amide bonds. The van der Waals surface area contributed by atoms with Gasteiger partial charge in [-0.2, -0.15) is 13.2 Å². The van der Waals surface area contributed by atoms with Gasteiger partial charge in [-0.3, -0.25) is 4.79 Å². The molecule has 1 rings (SSSR count). The van der Waals surface area contributed by atoms with Gasteiger partial charge in [0.05, 0.1) is 4.87 Å². The third kappa shape index (κ3) is 2.26. The van der Waals surface area contributed by atoms with Gasteiger partial charge in [-0.1, -0.05) is 0 Å². The molecule has 1 atom stereocenters. The zero-order valence-electron chi connectivity index (χ0n) is 8.54. The molecule has 1 saturated heterocycles. The van der Waals surface area contributed by atoms with Gasteiger partial charge in [-0.15, -0.1) is 11.8 Å². The Hall–Kier alpha value is -0.920. The van der Waals surface area contributed by atoms with Crippen molar-refractivity contribution in [1.29, 1.82) is 0 Å². The topological polar surface area (TPSA) is 57.6 Å². The van der Waals surface area contributed by atoms with Crippen molar-refractivity contribution < 1.29 is 27.9 Å². The maximum atomic E-state index is 12.3. The largest absolute Gasteiger partial charge is 0.480 e. The number of carbonyl (C=O) groups is 2.